The smallest absolute Gasteiger partial charge is 0.241 e. The van der Waals surface area contributed by atoms with Gasteiger partial charge in [0.15, 0.2) is 0 Å². The molecule has 0 atom stereocenters. The molecule has 0 N–H and O–H groups in total. The molecule has 1 fully saturated rings. The summed E-state index contributed by atoms with van der Waals surface area (Å²) in [5, 5.41) is 0. The molecule has 5 nitrogen and oxygen atoms in total. The molecule has 2 amide bonds. The van der Waals surface area contributed by atoms with Crippen molar-refractivity contribution in [2.24, 2.45) is 0 Å². The largest absolute Gasteiger partial charge is 0.493 e. The van der Waals surface area contributed by atoms with Gasteiger partial charge >= 0.3 is 0 Å². The van der Waals surface area contributed by atoms with E-state index in [1.807, 2.05) is 30.3 Å². The quantitative estimate of drug-likeness (QED) is 0.805. The van der Waals surface area contributed by atoms with Gasteiger partial charge in [0.1, 0.15) is 5.75 Å². The number of nitrogens with zero attached hydrogens (tertiary/aromatic N) is 2. The van der Waals surface area contributed by atoms with Crippen LogP contribution in [0.15, 0.2) is 30.3 Å². The maximum Gasteiger partial charge on any atom is 0.241 e. The highest BCUT2D eigenvalue weighted by Crippen LogP contribution is 2.09. The number of likely N-dealkylation sites (N-methyl/N-ethyl adjacent to an activating group) is 1. The van der Waals surface area contributed by atoms with E-state index in [0.29, 0.717) is 26.1 Å². The molecule has 1 aliphatic rings. The second-order valence-electron chi connectivity index (χ2n) is 4.54. The first kappa shape index (κ1) is 13.4. The average molecular weight is 262 g/mol. The van der Waals surface area contributed by atoms with E-state index in [0.717, 1.165) is 5.75 Å². The van der Waals surface area contributed by atoms with Gasteiger partial charge in [0.25, 0.3) is 0 Å². The fourth-order valence-electron chi connectivity index (χ4n) is 1.90. The SMILES string of the molecule is CN1CCN(C(=O)CCOc2ccccc2)CC1=O. The number of amides is 2. The summed E-state index contributed by atoms with van der Waals surface area (Å²) in [5.74, 6) is 0.714. The van der Waals surface area contributed by atoms with E-state index in [2.05, 4.69) is 0 Å². The normalized spacial score (nSPS) is 15.5. The Morgan fingerprint density at radius 1 is 1.26 bits per heavy atom. The molecular weight excluding hydrogens is 244 g/mol. The lowest BCUT2D eigenvalue weighted by Gasteiger charge is -2.32. The zero-order chi connectivity index (χ0) is 13.7. The van der Waals surface area contributed by atoms with E-state index in [1.165, 1.54) is 0 Å². The minimum Gasteiger partial charge on any atom is -0.493 e. The molecule has 0 saturated carbocycles. The molecule has 1 saturated heterocycles. The van der Waals surface area contributed by atoms with Gasteiger partial charge in [-0.25, -0.2) is 0 Å². The molecule has 0 spiro atoms. The first-order valence-electron chi connectivity index (χ1n) is 6.36. The Hall–Kier alpha value is -2.04. The van der Waals surface area contributed by atoms with Gasteiger partial charge in [-0.3, -0.25) is 9.59 Å². The summed E-state index contributed by atoms with van der Waals surface area (Å²) in [6, 6.07) is 9.38. The Bertz CT molecular complexity index is 447. The lowest BCUT2D eigenvalue weighted by molar-refractivity contribution is -0.144. The van der Waals surface area contributed by atoms with Gasteiger partial charge in [0, 0.05) is 20.1 Å². The van der Waals surface area contributed by atoms with Crippen molar-refractivity contribution in [3.63, 3.8) is 0 Å². The van der Waals surface area contributed by atoms with Crippen LogP contribution in [0.4, 0.5) is 0 Å². The number of piperazine rings is 1. The molecule has 0 aromatic heterocycles. The zero-order valence-electron chi connectivity index (χ0n) is 11.0. The van der Waals surface area contributed by atoms with Gasteiger partial charge < -0.3 is 14.5 Å². The van der Waals surface area contributed by atoms with Crippen LogP contribution in [0.3, 0.4) is 0 Å². The minimum atomic E-state index is -0.0302. The number of ether oxygens (including phenoxy) is 1. The highest BCUT2D eigenvalue weighted by molar-refractivity contribution is 5.85. The lowest BCUT2D eigenvalue weighted by Crippen LogP contribution is -2.50. The summed E-state index contributed by atoms with van der Waals surface area (Å²) in [6.07, 6.45) is 0.298. The van der Waals surface area contributed by atoms with E-state index in [9.17, 15) is 9.59 Å². The van der Waals surface area contributed by atoms with Crippen LogP contribution in [0.25, 0.3) is 0 Å². The van der Waals surface area contributed by atoms with E-state index < -0.39 is 0 Å². The second kappa shape index (κ2) is 6.22. The van der Waals surface area contributed by atoms with Crippen molar-refractivity contribution in [3.8, 4) is 5.75 Å². The molecule has 1 aliphatic heterocycles. The number of para-hydroxylation sites is 1. The van der Waals surface area contributed by atoms with Crippen molar-refractivity contribution in [2.45, 2.75) is 6.42 Å². The van der Waals surface area contributed by atoms with E-state index in [4.69, 9.17) is 4.74 Å². The fourth-order valence-corrected chi connectivity index (χ4v) is 1.90. The van der Waals surface area contributed by atoms with Crippen LogP contribution in [-0.4, -0.2) is 54.9 Å². The van der Waals surface area contributed by atoms with E-state index in [1.54, 1.807) is 16.8 Å². The standard InChI is InChI=1S/C14H18N2O3/c1-15-8-9-16(11-14(15)18)13(17)7-10-19-12-5-3-2-4-6-12/h2-6H,7-11H2,1H3. The third-order valence-electron chi connectivity index (χ3n) is 3.14. The van der Waals surface area contributed by atoms with Gasteiger partial charge in [-0.1, -0.05) is 18.2 Å². The number of hydrogen-bond acceptors (Lipinski definition) is 3. The maximum atomic E-state index is 11.9. The molecular formula is C14H18N2O3. The molecule has 1 aromatic carbocycles. The molecule has 2 rings (SSSR count). The van der Waals surface area contributed by atoms with Crippen LogP contribution in [0.5, 0.6) is 5.75 Å². The zero-order valence-corrected chi connectivity index (χ0v) is 11.0. The van der Waals surface area contributed by atoms with E-state index >= 15 is 0 Å². The van der Waals surface area contributed by atoms with Crippen LogP contribution in [0.1, 0.15) is 6.42 Å². The first-order chi connectivity index (χ1) is 9.16. The Morgan fingerprint density at radius 3 is 2.68 bits per heavy atom. The second-order valence-corrected chi connectivity index (χ2v) is 4.54. The molecule has 0 unspecified atom stereocenters. The van der Waals surface area contributed by atoms with Gasteiger partial charge in [0.05, 0.1) is 19.6 Å². The topological polar surface area (TPSA) is 49.9 Å². The number of benzene rings is 1. The molecule has 0 aliphatic carbocycles. The van der Waals surface area contributed by atoms with Gasteiger partial charge in [-0.2, -0.15) is 0 Å². The molecule has 102 valence electrons. The highest BCUT2D eigenvalue weighted by Gasteiger charge is 2.24. The molecule has 19 heavy (non-hydrogen) atoms. The van der Waals surface area contributed by atoms with Gasteiger partial charge in [-0.15, -0.1) is 0 Å². The van der Waals surface area contributed by atoms with Crippen LogP contribution < -0.4 is 4.74 Å². The van der Waals surface area contributed by atoms with Crippen LogP contribution in [-0.2, 0) is 9.59 Å². The van der Waals surface area contributed by atoms with Crippen molar-refractivity contribution in [1.29, 1.82) is 0 Å². The van der Waals surface area contributed by atoms with Crippen LogP contribution in [0, 0.1) is 0 Å². The molecule has 1 aromatic rings. The Balaban J connectivity index is 1.74. The van der Waals surface area contributed by atoms with Crippen LogP contribution >= 0.6 is 0 Å². The predicted octanol–water partition coefficient (Wildman–Crippen LogP) is 0.756. The predicted molar refractivity (Wildman–Crippen MR) is 70.8 cm³/mol. The van der Waals surface area contributed by atoms with Crippen LogP contribution in [0.2, 0.25) is 0 Å². The Labute approximate surface area is 112 Å². The summed E-state index contributed by atoms with van der Waals surface area (Å²) < 4.78 is 5.47. The third kappa shape index (κ3) is 3.71. The molecule has 1 heterocycles. The monoisotopic (exact) mass is 262 g/mol. The summed E-state index contributed by atoms with van der Waals surface area (Å²) in [6.45, 7) is 1.72. The van der Waals surface area contributed by atoms with Crippen molar-refractivity contribution in [2.75, 3.05) is 33.3 Å². The van der Waals surface area contributed by atoms with E-state index in [-0.39, 0.29) is 18.4 Å². The van der Waals surface area contributed by atoms with Crippen molar-refractivity contribution in [3.05, 3.63) is 30.3 Å². The summed E-state index contributed by atoms with van der Waals surface area (Å²) in [4.78, 5) is 26.7. The first-order valence-corrected chi connectivity index (χ1v) is 6.36. The third-order valence-corrected chi connectivity index (χ3v) is 3.14. The van der Waals surface area contributed by atoms with Crippen molar-refractivity contribution >= 4 is 11.8 Å². The summed E-state index contributed by atoms with van der Waals surface area (Å²) >= 11 is 0. The maximum absolute atomic E-state index is 11.9. The number of carbonyl (C=O) groups is 2. The summed E-state index contributed by atoms with van der Waals surface area (Å²) in [7, 11) is 1.75. The van der Waals surface area contributed by atoms with Crippen molar-refractivity contribution in [1.82, 2.24) is 9.80 Å². The highest BCUT2D eigenvalue weighted by atomic mass is 16.5. The van der Waals surface area contributed by atoms with Gasteiger partial charge in [-0.05, 0) is 12.1 Å². The number of hydrogen-bond donors (Lipinski definition) is 0. The molecule has 0 radical (unpaired) electrons. The lowest BCUT2D eigenvalue weighted by atomic mass is 10.3. The van der Waals surface area contributed by atoms with Crippen molar-refractivity contribution < 1.29 is 14.3 Å². The fraction of sp³-hybridized carbons (Fsp3) is 0.429. The Kier molecular flexibility index (Phi) is 4.39. The number of carbonyl (C=O) groups excluding carboxylic acids is 2. The summed E-state index contributed by atoms with van der Waals surface area (Å²) in [5.41, 5.74) is 0. The molecule has 5 heteroatoms. The minimum absolute atomic E-state index is 0.0106. The van der Waals surface area contributed by atoms with Gasteiger partial charge in [0.2, 0.25) is 11.8 Å². The Morgan fingerprint density at radius 2 is 2.00 bits per heavy atom. The average Bonchev–Trinajstić information content (AvgIpc) is 2.43. The number of rotatable bonds is 4. The molecule has 0 bridgehead atoms.